The third-order valence-electron chi connectivity index (χ3n) is 6.11. The van der Waals surface area contributed by atoms with Crippen LogP contribution in [0.15, 0.2) is 75.4 Å². The number of amides is 1. The van der Waals surface area contributed by atoms with Crippen molar-refractivity contribution < 1.29 is 36.3 Å². The van der Waals surface area contributed by atoms with E-state index >= 15 is 0 Å². The van der Waals surface area contributed by atoms with E-state index in [1.54, 1.807) is 0 Å². The number of allylic oxidation sites excluding steroid dienone is 1. The summed E-state index contributed by atoms with van der Waals surface area (Å²) in [4.78, 5) is 38.1. The lowest BCUT2D eigenvalue weighted by Gasteiger charge is -2.27. The number of pyridine rings is 1. The predicted octanol–water partition coefficient (Wildman–Crippen LogP) is 5.85. The number of nitrogens with one attached hydrogen (secondary N) is 3. The number of alkyl halides is 3. The van der Waals surface area contributed by atoms with Crippen molar-refractivity contribution in [3.8, 4) is 0 Å². The van der Waals surface area contributed by atoms with E-state index in [-0.39, 0.29) is 45.8 Å². The number of fused-ring (bicyclic) bond motifs is 1. The topological polar surface area (TPSA) is 131 Å². The molecule has 1 aliphatic rings. The highest BCUT2D eigenvalue weighted by atomic mass is 35.5. The van der Waals surface area contributed by atoms with Gasteiger partial charge in [0.05, 0.1) is 28.8 Å². The highest BCUT2D eigenvalue weighted by Gasteiger charge is 2.37. The summed E-state index contributed by atoms with van der Waals surface area (Å²) in [7, 11) is 1.19. The number of nitrogens with zero attached hydrogens (tertiary/aromatic N) is 3. The molecule has 3 N–H and O–H groups in total. The minimum atomic E-state index is -4.78. The molecule has 2 aromatic carbocycles. The lowest BCUT2D eigenvalue weighted by atomic mass is 9.94. The number of aliphatic imine (C=N–C) groups is 1. The number of anilines is 2. The third-order valence-corrected chi connectivity index (χ3v) is 6.54. The Bertz CT molecular complexity index is 1790. The maximum absolute atomic E-state index is 13.7. The van der Waals surface area contributed by atoms with Gasteiger partial charge in [0, 0.05) is 23.5 Å². The molecule has 0 saturated carbocycles. The molecule has 1 atom stereocenters. The van der Waals surface area contributed by atoms with Gasteiger partial charge in [0.15, 0.2) is 5.58 Å². The molecule has 10 nitrogen and oxygen atoms in total. The summed E-state index contributed by atoms with van der Waals surface area (Å²) in [5.41, 5.74) is -0.553. The van der Waals surface area contributed by atoms with Crippen LogP contribution in [0.2, 0.25) is 5.02 Å². The summed E-state index contributed by atoms with van der Waals surface area (Å²) in [6.07, 6.45) is -3.51. The molecule has 4 aromatic rings. The van der Waals surface area contributed by atoms with Crippen LogP contribution < -0.4 is 16.0 Å². The zero-order valence-corrected chi connectivity index (χ0v) is 22.4. The fourth-order valence-electron chi connectivity index (χ4n) is 4.22. The molecule has 1 amide bonds. The van der Waals surface area contributed by atoms with E-state index in [4.69, 9.17) is 16.0 Å². The maximum atomic E-state index is 13.7. The molecule has 1 aliphatic heterocycles. The number of guanidine groups is 1. The molecule has 0 radical (unpaired) electrons. The van der Waals surface area contributed by atoms with E-state index in [1.165, 1.54) is 50.6 Å². The molecule has 5 rings (SSSR count). The summed E-state index contributed by atoms with van der Waals surface area (Å²) in [5, 5.41) is 7.51. The average molecular weight is 603 g/mol. The normalized spacial score (nSPS) is 15.2. The summed E-state index contributed by atoms with van der Waals surface area (Å²) < 4.78 is 64.9. The number of hydrogen-bond acceptors (Lipinski definition) is 9. The molecular weight excluding hydrogens is 584 g/mol. The Morgan fingerprint density at radius 1 is 1.14 bits per heavy atom. The van der Waals surface area contributed by atoms with Crippen molar-refractivity contribution in [2.75, 3.05) is 17.7 Å². The van der Waals surface area contributed by atoms with Gasteiger partial charge in [-0.05, 0) is 37.3 Å². The Morgan fingerprint density at radius 3 is 2.67 bits per heavy atom. The maximum Gasteiger partial charge on any atom is 0.417 e. The number of benzene rings is 2. The fraction of sp³-hybridized carbons (Fsp3) is 0.148. The monoisotopic (exact) mass is 602 g/mol. The quantitative estimate of drug-likeness (QED) is 0.192. The fourth-order valence-corrected chi connectivity index (χ4v) is 4.56. The number of rotatable bonds is 5. The van der Waals surface area contributed by atoms with Crippen molar-refractivity contribution >= 4 is 52.4 Å². The van der Waals surface area contributed by atoms with E-state index in [2.05, 4.69) is 35.6 Å². The summed E-state index contributed by atoms with van der Waals surface area (Å²) >= 11 is 6.24. The molecule has 2 aromatic heterocycles. The van der Waals surface area contributed by atoms with Crippen LogP contribution in [0, 0.1) is 5.82 Å². The number of halogens is 5. The van der Waals surface area contributed by atoms with Crippen molar-refractivity contribution in [3.63, 3.8) is 0 Å². The number of methoxy groups -OCH3 is 1. The lowest BCUT2D eigenvalue weighted by molar-refractivity contribution is -0.137. The molecular formula is C27H19ClF4N6O4. The molecule has 0 bridgehead atoms. The number of hydrogen-bond donors (Lipinski definition) is 3. The van der Waals surface area contributed by atoms with Gasteiger partial charge in [0.25, 0.3) is 5.91 Å². The van der Waals surface area contributed by atoms with Gasteiger partial charge in [-0.2, -0.15) is 18.2 Å². The standard InChI is InChI=1S/C27H19ClF4N6O4/c1-12-20(23(39)36-19-10-13(8-9-33-19)24(40)41-2)22(15-4-3-5-16(21(15)28)27(30,31)32)37-25(34-12)38-26-35-17-7-6-14(29)11-18(17)42-26/h3-11,22H,1-2H3,(H,33,36,39)(H2,34,35,37,38). The third kappa shape index (κ3) is 5.74. The Morgan fingerprint density at radius 2 is 1.93 bits per heavy atom. The van der Waals surface area contributed by atoms with Crippen LogP contribution in [0.25, 0.3) is 11.1 Å². The number of carbonyl (C=O) groups excluding carboxylic acids is 2. The van der Waals surface area contributed by atoms with Gasteiger partial charge in [-0.1, -0.05) is 23.7 Å². The molecule has 15 heteroatoms. The largest absolute Gasteiger partial charge is 0.465 e. The van der Waals surface area contributed by atoms with Crippen LogP contribution >= 0.6 is 11.6 Å². The second kappa shape index (κ2) is 11.1. The second-order valence-corrected chi connectivity index (χ2v) is 9.26. The Hall–Kier alpha value is -4.98. The minimum absolute atomic E-state index is 0.0244. The summed E-state index contributed by atoms with van der Waals surface area (Å²) in [6, 6.07) is 8.20. The van der Waals surface area contributed by atoms with Crippen molar-refractivity contribution in [2.45, 2.75) is 19.1 Å². The first-order valence-corrected chi connectivity index (χ1v) is 12.4. The van der Waals surface area contributed by atoms with Crippen LogP contribution in [-0.4, -0.2) is 34.9 Å². The van der Waals surface area contributed by atoms with Gasteiger partial charge in [-0.3, -0.25) is 10.1 Å². The number of aromatic nitrogens is 2. The van der Waals surface area contributed by atoms with E-state index in [9.17, 15) is 27.2 Å². The number of ether oxygens (including phenoxy) is 1. The van der Waals surface area contributed by atoms with Gasteiger partial charge in [0.1, 0.15) is 23.2 Å². The van der Waals surface area contributed by atoms with Crippen molar-refractivity contribution in [1.29, 1.82) is 0 Å². The van der Waals surface area contributed by atoms with Crippen molar-refractivity contribution in [2.24, 2.45) is 4.99 Å². The minimum Gasteiger partial charge on any atom is -0.465 e. The molecule has 1 unspecified atom stereocenters. The Labute approximate surface area is 239 Å². The van der Waals surface area contributed by atoms with Crippen LogP contribution in [0.5, 0.6) is 0 Å². The highest BCUT2D eigenvalue weighted by Crippen LogP contribution is 2.42. The first kappa shape index (κ1) is 28.5. The number of oxazole rings is 1. The van der Waals surface area contributed by atoms with E-state index in [1.807, 2.05) is 0 Å². The van der Waals surface area contributed by atoms with Crippen LogP contribution in [-0.2, 0) is 15.7 Å². The highest BCUT2D eigenvalue weighted by molar-refractivity contribution is 6.32. The van der Waals surface area contributed by atoms with E-state index in [0.717, 1.165) is 18.2 Å². The van der Waals surface area contributed by atoms with Crippen LogP contribution in [0.3, 0.4) is 0 Å². The average Bonchev–Trinajstić information content (AvgIpc) is 3.33. The molecule has 0 aliphatic carbocycles. The lowest BCUT2D eigenvalue weighted by Crippen LogP contribution is -2.37. The molecule has 216 valence electrons. The van der Waals surface area contributed by atoms with Crippen molar-refractivity contribution in [1.82, 2.24) is 15.3 Å². The van der Waals surface area contributed by atoms with Gasteiger partial charge in [-0.15, -0.1) is 0 Å². The van der Waals surface area contributed by atoms with Crippen LogP contribution in [0.1, 0.15) is 34.5 Å². The van der Waals surface area contributed by atoms with Crippen LogP contribution in [0.4, 0.5) is 29.4 Å². The van der Waals surface area contributed by atoms with Gasteiger partial charge in [0.2, 0.25) is 5.96 Å². The molecule has 0 spiro atoms. The first-order valence-electron chi connectivity index (χ1n) is 12.0. The predicted molar refractivity (Wildman–Crippen MR) is 144 cm³/mol. The molecule has 0 fully saturated rings. The summed E-state index contributed by atoms with van der Waals surface area (Å²) in [6.45, 7) is 1.50. The van der Waals surface area contributed by atoms with E-state index < -0.39 is 40.5 Å². The number of esters is 1. The SMILES string of the molecule is COC(=O)c1ccnc(NC(=O)C2=C(C)NC(Nc3nc4ccc(F)cc4o3)=NC2c2cccc(C(F)(F)F)c2Cl)c1. The molecule has 0 saturated heterocycles. The first-order chi connectivity index (χ1) is 19.9. The Balaban J connectivity index is 1.54. The van der Waals surface area contributed by atoms with Gasteiger partial charge >= 0.3 is 18.2 Å². The molecule has 42 heavy (non-hydrogen) atoms. The zero-order valence-electron chi connectivity index (χ0n) is 21.6. The van der Waals surface area contributed by atoms with Gasteiger partial charge in [-0.25, -0.2) is 19.2 Å². The molecule has 3 heterocycles. The van der Waals surface area contributed by atoms with Gasteiger partial charge < -0.3 is 19.8 Å². The Kier molecular flexibility index (Phi) is 7.56. The second-order valence-electron chi connectivity index (χ2n) is 8.88. The smallest absolute Gasteiger partial charge is 0.417 e. The summed E-state index contributed by atoms with van der Waals surface area (Å²) in [5.74, 6) is -2.06. The zero-order chi connectivity index (χ0) is 30.2. The van der Waals surface area contributed by atoms with Crippen molar-refractivity contribution in [3.05, 3.63) is 93.5 Å². The number of carbonyl (C=O) groups is 2. The van der Waals surface area contributed by atoms with E-state index in [0.29, 0.717) is 5.52 Å².